The van der Waals surface area contributed by atoms with Crippen LogP contribution in [0.3, 0.4) is 0 Å². The van der Waals surface area contributed by atoms with Crippen molar-refractivity contribution in [3.05, 3.63) is 0 Å². The quantitative estimate of drug-likeness (QED) is 0.696. The molecule has 9 heteroatoms. The number of rotatable bonds is 7. The molecule has 2 atom stereocenters. The average Bonchev–Trinajstić information content (AvgIpc) is 2.69. The lowest BCUT2D eigenvalue weighted by atomic mass is 9.88. The summed E-state index contributed by atoms with van der Waals surface area (Å²) in [7, 11) is 0. The number of primary amides is 1. The van der Waals surface area contributed by atoms with Crippen molar-refractivity contribution in [2.75, 3.05) is 13.2 Å². The summed E-state index contributed by atoms with van der Waals surface area (Å²) in [5, 5.41) is 2.55. The fourth-order valence-electron chi connectivity index (χ4n) is 2.06. The van der Waals surface area contributed by atoms with Crippen LogP contribution in [0.2, 0.25) is 0 Å². The lowest BCUT2D eigenvalue weighted by Gasteiger charge is -2.17. The Morgan fingerprint density at radius 3 is 2.55 bits per heavy atom. The van der Waals surface area contributed by atoms with E-state index >= 15 is 0 Å². The number of alkyl halides is 3. The SMILES string of the molecule is NC(=O)C[C@H](C[C@H]1CCNC1=O)C(=O)COC(F)(F)F. The van der Waals surface area contributed by atoms with E-state index in [0.717, 1.165) is 0 Å². The molecule has 1 aliphatic heterocycles. The van der Waals surface area contributed by atoms with Crippen molar-refractivity contribution in [2.24, 2.45) is 17.6 Å². The monoisotopic (exact) mass is 296 g/mol. The van der Waals surface area contributed by atoms with Gasteiger partial charge in [0, 0.05) is 24.8 Å². The molecule has 0 aromatic carbocycles. The van der Waals surface area contributed by atoms with Gasteiger partial charge < -0.3 is 11.1 Å². The summed E-state index contributed by atoms with van der Waals surface area (Å²) in [5.41, 5.74) is 4.97. The van der Waals surface area contributed by atoms with Gasteiger partial charge in [-0.25, -0.2) is 0 Å². The summed E-state index contributed by atoms with van der Waals surface area (Å²) in [6.07, 6.45) is -4.85. The van der Waals surface area contributed by atoms with Crippen LogP contribution in [-0.4, -0.2) is 37.1 Å². The van der Waals surface area contributed by atoms with Crippen LogP contribution in [0, 0.1) is 11.8 Å². The summed E-state index contributed by atoms with van der Waals surface area (Å²) in [5.74, 6) is -3.50. The minimum Gasteiger partial charge on any atom is -0.370 e. The molecular weight excluding hydrogens is 281 g/mol. The number of halogens is 3. The Hall–Kier alpha value is -1.64. The highest BCUT2D eigenvalue weighted by Gasteiger charge is 2.34. The summed E-state index contributed by atoms with van der Waals surface area (Å²) in [6.45, 7) is -0.740. The third kappa shape index (κ3) is 5.55. The Bertz CT molecular complexity index is 398. The summed E-state index contributed by atoms with van der Waals surface area (Å²) >= 11 is 0. The molecule has 0 aromatic rings. The van der Waals surface area contributed by atoms with E-state index in [1.165, 1.54) is 0 Å². The molecule has 114 valence electrons. The third-order valence-electron chi connectivity index (χ3n) is 3.01. The van der Waals surface area contributed by atoms with Crippen LogP contribution in [0.15, 0.2) is 0 Å². The summed E-state index contributed by atoms with van der Waals surface area (Å²) in [6, 6.07) is 0. The molecule has 1 rings (SSSR count). The first-order valence-corrected chi connectivity index (χ1v) is 5.98. The first-order chi connectivity index (χ1) is 9.19. The van der Waals surface area contributed by atoms with Crippen molar-refractivity contribution < 1.29 is 32.3 Å². The molecule has 0 bridgehead atoms. The zero-order valence-corrected chi connectivity index (χ0v) is 10.5. The Labute approximate surface area is 112 Å². The van der Waals surface area contributed by atoms with Crippen LogP contribution in [0.1, 0.15) is 19.3 Å². The molecule has 2 amide bonds. The van der Waals surface area contributed by atoms with E-state index in [-0.39, 0.29) is 12.3 Å². The minimum atomic E-state index is -4.92. The number of ketones is 1. The molecule has 1 heterocycles. The number of hydrogen-bond acceptors (Lipinski definition) is 4. The van der Waals surface area contributed by atoms with E-state index in [0.29, 0.717) is 13.0 Å². The molecule has 0 radical (unpaired) electrons. The number of Topliss-reactive ketones (excluding diaryl/α,β-unsaturated/α-hetero) is 1. The predicted octanol–water partition coefficient (Wildman–Crippen LogP) is 0.110. The second-order valence-electron chi connectivity index (χ2n) is 4.58. The first kappa shape index (κ1) is 16.4. The molecule has 20 heavy (non-hydrogen) atoms. The number of hydrogen-bond donors (Lipinski definition) is 2. The highest BCUT2D eigenvalue weighted by Crippen LogP contribution is 2.24. The van der Waals surface area contributed by atoms with Crippen molar-refractivity contribution in [1.29, 1.82) is 0 Å². The number of nitrogens with one attached hydrogen (secondary N) is 1. The van der Waals surface area contributed by atoms with Crippen LogP contribution in [0.4, 0.5) is 13.2 Å². The van der Waals surface area contributed by atoms with Crippen molar-refractivity contribution in [1.82, 2.24) is 5.32 Å². The zero-order valence-electron chi connectivity index (χ0n) is 10.5. The lowest BCUT2D eigenvalue weighted by molar-refractivity contribution is -0.321. The molecule has 0 unspecified atom stereocenters. The van der Waals surface area contributed by atoms with Gasteiger partial charge in [0.2, 0.25) is 11.8 Å². The van der Waals surface area contributed by atoms with Crippen LogP contribution < -0.4 is 11.1 Å². The molecule has 0 aliphatic carbocycles. The van der Waals surface area contributed by atoms with Gasteiger partial charge in [0.1, 0.15) is 6.61 Å². The van der Waals surface area contributed by atoms with E-state index in [2.05, 4.69) is 10.1 Å². The molecular formula is C11H15F3N2O4. The largest absolute Gasteiger partial charge is 0.522 e. The fourth-order valence-corrected chi connectivity index (χ4v) is 2.06. The maximum absolute atomic E-state index is 11.9. The molecule has 0 aromatic heterocycles. The minimum absolute atomic E-state index is 0.00514. The van der Waals surface area contributed by atoms with E-state index in [9.17, 15) is 27.6 Å². The van der Waals surface area contributed by atoms with Gasteiger partial charge in [-0.15, -0.1) is 13.2 Å². The zero-order chi connectivity index (χ0) is 15.3. The van der Waals surface area contributed by atoms with Gasteiger partial charge in [0.15, 0.2) is 5.78 Å². The maximum atomic E-state index is 11.9. The van der Waals surface area contributed by atoms with Crippen LogP contribution in [0.5, 0.6) is 0 Å². The molecule has 0 saturated carbocycles. The van der Waals surface area contributed by atoms with Gasteiger partial charge in [0.05, 0.1) is 0 Å². The molecule has 1 saturated heterocycles. The van der Waals surface area contributed by atoms with Gasteiger partial charge in [-0.05, 0) is 12.8 Å². The summed E-state index contributed by atoms with van der Waals surface area (Å²) < 4.78 is 39.1. The van der Waals surface area contributed by atoms with Crippen LogP contribution in [-0.2, 0) is 19.1 Å². The molecule has 6 nitrogen and oxygen atoms in total. The number of nitrogens with two attached hydrogens (primary N) is 1. The normalized spacial score (nSPS) is 20.6. The predicted molar refractivity (Wildman–Crippen MR) is 60.0 cm³/mol. The topological polar surface area (TPSA) is 98.5 Å². The number of ether oxygens (including phenoxy) is 1. The van der Waals surface area contributed by atoms with Gasteiger partial charge in [-0.1, -0.05) is 0 Å². The van der Waals surface area contributed by atoms with E-state index < -0.39 is 42.9 Å². The van der Waals surface area contributed by atoms with Crippen molar-refractivity contribution in [2.45, 2.75) is 25.6 Å². The molecule has 0 spiro atoms. The summed E-state index contributed by atoms with van der Waals surface area (Å²) in [4.78, 5) is 33.9. The Balaban J connectivity index is 2.60. The average molecular weight is 296 g/mol. The first-order valence-electron chi connectivity index (χ1n) is 5.98. The van der Waals surface area contributed by atoms with E-state index in [1.807, 2.05) is 0 Å². The molecule has 3 N–H and O–H groups in total. The standard InChI is InChI=1S/C11H15F3N2O4/c12-11(13,14)20-5-8(17)7(4-9(15)18)3-6-1-2-16-10(6)19/h6-7H,1-5H2,(H2,15,18)(H,16,19)/t6-,7+/m1/s1. The molecule has 1 aliphatic rings. The fraction of sp³-hybridized carbons (Fsp3) is 0.727. The van der Waals surface area contributed by atoms with E-state index in [4.69, 9.17) is 5.73 Å². The number of carbonyl (C=O) groups excluding carboxylic acids is 3. The third-order valence-corrected chi connectivity index (χ3v) is 3.01. The van der Waals surface area contributed by atoms with Gasteiger partial charge in [-0.3, -0.25) is 19.1 Å². The second kappa shape index (κ2) is 6.69. The number of carbonyl (C=O) groups is 3. The van der Waals surface area contributed by atoms with E-state index in [1.54, 1.807) is 0 Å². The van der Waals surface area contributed by atoms with Crippen molar-refractivity contribution in [3.8, 4) is 0 Å². The van der Waals surface area contributed by atoms with Crippen molar-refractivity contribution >= 4 is 17.6 Å². The van der Waals surface area contributed by atoms with Gasteiger partial charge in [-0.2, -0.15) is 0 Å². The van der Waals surface area contributed by atoms with Crippen LogP contribution >= 0.6 is 0 Å². The van der Waals surface area contributed by atoms with Crippen LogP contribution in [0.25, 0.3) is 0 Å². The highest BCUT2D eigenvalue weighted by atomic mass is 19.4. The maximum Gasteiger partial charge on any atom is 0.522 e. The Morgan fingerprint density at radius 1 is 1.45 bits per heavy atom. The van der Waals surface area contributed by atoms with Gasteiger partial charge in [0.25, 0.3) is 0 Å². The molecule has 1 fully saturated rings. The number of amides is 2. The van der Waals surface area contributed by atoms with Crippen molar-refractivity contribution in [3.63, 3.8) is 0 Å². The highest BCUT2D eigenvalue weighted by molar-refractivity contribution is 5.88. The van der Waals surface area contributed by atoms with Gasteiger partial charge >= 0.3 is 6.36 Å². The lowest BCUT2D eigenvalue weighted by Crippen LogP contribution is -2.31. The Morgan fingerprint density at radius 2 is 2.10 bits per heavy atom. The smallest absolute Gasteiger partial charge is 0.370 e. The second-order valence-corrected chi connectivity index (χ2v) is 4.58. The Kier molecular flexibility index (Phi) is 5.49.